The lowest BCUT2D eigenvalue weighted by Gasteiger charge is -2.20. The maximum Gasteiger partial charge on any atom is 0.245 e. The monoisotopic (exact) mass is 468 g/mol. The summed E-state index contributed by atoms with van der Waals surface area (Å²) in [6, 6.07) is 20.0. The first-order valence-electron chi connectivity index (χ1n) is 10.6. The molecule has 0 aliphatic carbocycles. The Hall–Kier alpha value is -3.36. The van der Waals surface area contributed by atoms with Crippen molar-refractivity contribution in [2.24, 2.45) is 0 Å². The van der Waals surface area contributed by atoms with E-state index in [-0.39, 0.29) is 17.1 Å². The summed E-state index contributed by atoms with van der Waals surface area (Å²) >= 11 is 0. The predicted octanol–water partition coefficient (Wildman–Crippen LogP) is 3.93. The lowest BCUT2D eigenvalue weighted by molar-refractivity contribution is -0.117. The van der Waals surface area contributed by atoms with E-state index in [9.17, 15) is 13.2 Å². The topological polar surface area (TPSA) is 93.7 Å². The van der Waals surface area contributed by atoms with Gasteiger partial charge in [-0.15, -0.1) is 0 Å². The first-order valence-corrected chi connectivity index (χ1v) is 12.1. The fourth-order valence-corrected chi connectivity index (χ4v) is 4.80. The van der Waals surface area contributed by atoms with Crippen LogP contribution in [0.4, 0.5) is 5.69 Å². The quantitative estimate of drug-likeness (QED) is 0.470. The summed E-state index contributed by atoms with van der Waals surface area (Å²) in [4.78, 5) is 13.3. The molecule has 1 unspecified atom stereocenters. The number of benzene rings is 3. The van der Waals surface area contributed by atoms with Crippen LogP contribution in [0.2, 0.25) is 0 Å². The molecule has 7 nitrogen and oxygen atoms in total. The average Bonchev–Trinajstić information content (AvgIpc) is 2.80. The highest BCUT2D eigenvalue weighted by molar-refractivity contribution is 7.89. The Kier molecular flexibility index (Phi) is 8.08. The Morgan fingerprint density at radius 3 is 2.36 bits per heavy atom. The molecule has 2 N–H and O–H groups in total. The fraction of sp³-hybridized carbons (Fsp3) is 0.240. The first-order chi connectivity index (χ1) is 15.8. The highest BCUT2D eigenvalue weighted by Crippen LogP contribution is 2.26. The number of rotatable bonds is 10. The van der Waals surface area contributed by atoms with Crippen LogP contribution in [0.5, 0.6) is 11.5 Å². The number of ether oxygens (including phenoxy) is 2. The van der Waals surface area contributed by atoms with Crippen molar-refractivity contribution in [1.82, 2.24) is 4.72 Å². The first kappa shape index (κ1) is 24.3. The largest absolute Gasteiger partial charge is 0.495 e. The highest BCUT2D eigenvalue weighted by atomic mass is 32.2. The van der Waals surface area contributed by atoms with Crippen molar-refractivity contribution in [3.8, 4) is 11.5 Å². The van der Waals surface area contributed by atoms with Crippen LogP contribution in [0.3, 0.4) is 0 Å². The van der Waals surface area contributed by atoms with E-state index in [1.807, 2.05) is 37.3 Å². The maximum atomic E-state index is 13.3. The molecule has 0 heterocycles. The summed E-state index contributed by atoms with van der Waals surface area (Å²) in [7, 11) is -2.66. The van der Waals surface area contributed by atoms with E-state index in [2.05, 4.69) is 10.0 Å². The molecule has 0 bridgehead atoms. The summed E-state index contributed by atoms with van der Waals surface area (Å²) in [6.45, 7) is 4.07. The predicted molar refractivity (Wildman–Crippen MR) is 128 cm³/mol. The molecule has 0 spiro atoms. The van der Waals surface area contributed by atoms with Gasteiger partial charge in [-0.05, 0) is 55.7 Å². The molecular formula is C25H28N2O5S. The van der Waals surface area contributed by atoms with Crippen LogP contribution in [-0.4, -0.2) is 34.1 Å². The van der Waals surface area contributed by atoms with Gasteiger partial charge in [0.15, 0.2) is 0 Å². The van der Waals surface area contributed by atoms with Crippen molar-refractivity contribution in [3.63, 3.8) is 0 Å². The van der Waals surface area contributed by atoms with Crippen molar-refractivity contribution < 1.29 is 22.7 Å². The van der Waals surface area contributed by atoms with Gasteiger partial charge in [0.05, 0.1) is 19.4 Å². The second-order valence-corrected chi connectivity index (χ2v) is 9.12. The van der Waals surface area contributed by atoms with Crippen molar-refractivity contribution in [1.29, 1.82) is 0 Å². The van der Waals surface area contributed by atoms with E-state index in [0.717, 1.165) is 11.1 Å². The van der Waals surface area contributed by atoms with Gasteiger partial charge in [-0.1, -0.05) is 48.5 Å². The summed E-state index contributed by atoms with van der Waals surface area (Å²) < 4.78 is 40.0. The molecule has 174 valence electrons. The molecule has 3 rings (SSSR count). The molecule has 0 aromatic heterocycles. The number of hydrogen-bond donors (Lipinski definition) is 2. The molecule has 0 aliphatic heterocycles. The smallest absolute Gasteiger partial charge is 0.245 e. The van der Waals surface area contributed by atoms with Gasteiger partial charge < -0.3 is 14.8 Å². The molecule has 3 aromatic rings. The van der Waals surface area contributed by atoms with Gasteiger partial charge in [-0.3, -0.25) is 4.79 Å². The molecule has 0 fully saturated rings. The average molecular weight is 469 g/mol. The van der Waals surface area contributed by atoms with E-state index < -0.39 is 22.0 Å². The van der Waals surface area contributed by atoms with E-state index in [0.29, 0.717) is 18.0 Å². The number of carbonyl (C=O) groups is 1. The summed E-state index contributed by atoms with van der Waals surface area (Å²) in [5, 5.41) is 2.81. The zero-order chi connectivity index (χ0) is 23.8. The molecule has 33 heavy (non-hydrogen) atoms. The number of nitrogens with one attached hydrogen (secondary N) is 2. The van der Waals surface area contributed by atoms with Gasteiger partial charge in [-0.25, -0.2) is 8.42 Å². The fourth-order valence-electron chi connectivity index (χ4n) is 3.35. The Labute approximate surface area is 194 Å². The van der Waals surface area contributed by atoms with E-state index >= 15 is 0 Å². The van der Waals surface area contributed by atoms with Crippen LogP contribution >= 0.6 is 0 Å². The van der Waals surface area contributed by atoms with Crippen LogP contribution in [0.25, 0.3) is 0 Å². The van der Waals surface area contributed by atoms with Crippen molar-refractivity contribution in [3.05, 3.63) is 83.9 Å². The molecule has 8 heteroatoms. The summed E-state index contributed by atoms with van der Waals surface area (Å²) in [6.07, 6.45) is 0.164. The van der Waals surface area contributed by atoms with Crippen LogP contribution in [-0.2, 0) is 21.2 Å². The van der Waals surface area contributed by atoms with Crippen molar-refractivity contribution >= 4 is 21.6 Å². The second-order valence-electron chi connectivity index (χ2n) is 7.44. The number of sulfonamides is 1. The third-order valence-electron chi connectivity index (χ3n) is 4.95. The highest BCUT2D eigenvalue weighted by Gasteiger charge is 2.29. The lowest BCUT2D eigenvalue weighted by Crippen LogP contribution is -2.45. The number of aryl methyl sites for hydroxylation is 1. The molecule has 0 aliphatic rings. The summed E-state index contributed by atoms with van der Waals surface area (Å²) in [5.41, 5.74) is 2.04. The Bertz CT molecular complexity index is 1200. The standard InChI is InChI=1S/C25H28N2O5S/c1-4-32-22-13-9-8-12-20(22)26-25(28)21(17-19-10-6-5-7-11-19)27-33(29,30)24-16-18(2)14-15-23(24)31-3/h5-16,21,27H,4,17H2,1-3H3,(H,26,28). The van der Waals surface area contributed by atoms with Gasteiger partial charge in [0.25, 0.3) is 0 Å². The third-order valence-corrected chi connectivity index (χ3v) is 6.44. The van der Waals surface area contributed by atoms with Gasteiger partial charge >= 0.3 is 0 Å². The molecule has 1 amide bonds. The lowest BCUT2D eigenvalue weighted by atomic mass is 10.1. The molecule has 0 saturated carbocycles. The van der Waals surface area contributed by atoms with E-state index in [4.69, 9.17) is 9.47 Å². The van der Waals surface area contributed by atoms with Crippen molar-refractivity contribution in [2.75, 3.05) is 19.0 Å². The van der Waals surface area contributed by atoms with E-state index in [1.165, 1.54) is 13.2 Å². The summed E-state index contributed by atoms with van der Waals surface area (Å²) in [5.74, 6) is 0.213. The molecule has 0 radical (unpaired) electrons. The van der Waals surface area contributed by atoms with E-state index in [1.54, 1.807) is 43.3 Å². The molecular weight excluding hydrogens is 440 g/mol. The Morgan fingerprint density at radius 1 is 0.970 bits per heavy atom. The Balaban J connectivity index is 1.93. The number of amides is 1. The molecule has 0 saturated heterocycles. The minimum Gasteiger partial charge on any atom is -0.495 e. The number of methoxy groups -OCH3 is 1. The zero-order valence-electron chi connectivity index (χ0n) is 18.9. The minimum atomic E-state index is -4.07. The number of carbonyl (C=O) groups excluding carboxylic acids is 1. The van der Waals surface area contributed by atoms with Crippen LogP contribution in [0.15, 0.2) is 77.7 Å². The maximum absolute atomic E-state index is 13.3. The zero-order valence-corrected chi connectivity index (χ0v) is 19.7. The number of para-hydroxylation sites is 2. The molecule has 1 atom stereocenters. The number of anilines is 1. The third kappa shape index (κ3) is 6.34. The van der Waals surface area contributed by atoms with Crippen LogP contribution in [0.1, 0.15) is 18.1 Å². The SMILES string of the molecule is CCOc1ccccc1NC(=O)C(Cc1ccccc1)NS(=O)(=O)c1cc(C)ccc1OC. The van der Waals surface area contributed by atoms with Gasteiger partial charge in [0.1, 0.15) is 22.4 Å². The molecule has 3 aromatic carbocycles. The van der Waals surface area contributed by atoms with Gasteiger partial charge in [-0.2, -0.15) is 4.72 Å². The van der Waals surface area contributed by atoms with Gasteiger partial charge in [0.2, 0.25) is 15.9 Å². The normalized spacial score (nSPS) is 12.1. The number of hydrogen-bond acceptors (Lipinski definition) is 5. The second kappa shape index (κ2) is 11.0. The van der Waals surface area contributed by atoms with Crippen molar-refractivity contribution in [2.45, 2.75) is 31.2 Å². The Morgan fingerprint density at radius 2 is 1.67 bits per heavy atom. The van der Waals surface area contributed by atoms with Crippen LogP contribution in [0, 0.1) is 6.92 Å². The minimum absolute atomic E-state index is 0.0226. The van der Waals surface area contributed by atoms with Gasteiger partial charge in [0, 0.05) is 0 Å². The van der Waals surface area contributed by atoms with Crippen LogP contribution < -0.4 is 19.5 Å².